The maximum absolute atomic E-state index is 15.1. The van der Waals surface area contributed by atoms with Gasteiger partial charge in [0.25, 0.3) is 5.91 Å². The molecule has 14 heteroatoms. The van der Waals surface area contributed by atoms with Gasteiger partial charge in [0, 0.05) is 18.2 Å². The van der Waals surface area contributed by atoms with Crippen LogP contribution in [-0.2, 0) is 21.4 Å². The number of benzene rings is 1. The number of nitrogens with zero attached hydrogens (tertiary/aromatic N) is 6. The van der Waals surface area contributed by atoms with Crippen molar-refractivity contribution in [3.63, 3.8) is 0 Å². The zero-order valence-corrected chi connectivity index (χ0v) is 22.0. The quantitative estimate of drug-likeness (QED) is 0.339. The maximum atomic E-state index is 15.1. The number of hydrogen-bond donors (Lipinski definition) is 1. The fourth-order valence-corrected chi connectivity index (χ4v) is 6.14. The lowest BCUT2D eigenvalue weighted by molar-refractivity contribution is -0.121. The van der Waals surface area contributed by atoms with E-state index in [1.165, 1.54) is 21.9 Å². The van der Waals surface area contributed by atoms with Crippen LogP contribution in [0.4, 0.5) is 14.6 Å². The topological polar surface area (TPSA) is 136 Å². The van der Waals surface area contributed by atoms with E-state index in [1.807, 2.05) is 0 Å². The third-order valence-corrected chi connectivity index (χ3v) is 8.83. The Morgan fingerprint density at radius 2 is 1.90 bits per heavy atom. The van der Waals surface area contributed by atoms with Crippen LogP contribution in [0.2, 0.25) is 0 Å². The summed E-state index contributed by atoms with van der Waals surface area (Å²) in [5, 5.41) is 7.97. The van der Waals surface area contributed by atoms with Gasteiger partial charge in [0.2, 0.25) is 10.0 Å². The van der Waals surface area contributed by atoms with Gasteiger partial charge in [-0.2, -0.15) is 5.10 Å². The van der Waals surface area contributed by atoms with E-state index in [0.29, 0.717) is 55.6 Å². The average Bonchev–Trinajstić information content (AvgIpc) is 3.53. The number of anilines is 1. The predicted octanol–water partition coefficient (Wildman–Crippen LogP) is 3.29. The van der Waals surface area contributed by atoms with E-state index in [2.05, 4.69) is 24.9 Å². The van der Waals surface area contributed by atoms with Crippen LogP contribution in [0.1, 0.15) is 37.7 Å². The number of halogens is 2. The van der Waals surface area contributed by atoms with Crippen LogP contribution in [0.3, 0.4) is 0 Å². The Labute approximate surface area is 228 Å². The van der Waals surface area contributed by atoms with E-state index in [-0.39, 0.29) is 23.9 Å². The van der Waals surface area contributed by atoms with E-state index in [0.717, 1.165) is 6.20 Å². The smallest absolute Gasteiger partial charge is 0.256 e. The van der Waals surface area contributed by atoms with Crippen molar-refractivity contribution in [3.05, 3.63) is 66.1 Å². The Hall–Kier alpha value is -4.20. The molecule has 3 aromatic heterocycles. The number of piperidine rings is 1. The van der Waals surface area contributed by atoms with E-state index < -0.39 is 38.9 Å². The first-order valence-corrected chi connectivity index (χ1v) is 14.4. The highest BCUT2D eigenvalue weighted by atomic mass is 32.2. The van der Waals surface area contributed by atoms with Crippen molar-refractivity contribution < 1.29 is 26.5 Å². The van der Waals surface area contributed by atoms with Crippen molar-refractivity contribution in [2.75, 3.05) is 11.4 Å². The number of rotatable bonds is 8. The van der Waals surface area contributed by atoms with Crippen LogP contribution in [0.25, 0.3) is 22.9 Å². The number of sulfonamides is 1. The molecule has 1 amide bonds. The Kier molecular flexibility index (Phi) is 6.78. The van der Waals surface area contributed by atoms with Crippen LogP contribution in [0.15, 0.2) is 53.4 Å². The summed E-state index contributed by atoms with van der Waals surface area (Å²) in [5.74, 6) is -1.90. The van der Waals surface area contributed by atoms with Crippen LogP contribution >= 0.6 is 0 Å². The summed E-state index contributed by atoms with van der Waals surface area (Å²) in [4.78, 5) is 23.0. The maximum Gasteiger partial charge on any atom is 0.256 e. The van der Waals surface area contributed by atoms with Gasteiger partial charge in [-0.1, -0.05) is 23.4 Å². The van der Waals surface area contributed by atoms with Gasteiger partial charge in [0.05, 0.1) is 23.7 Å². The van der Waals surface area contributed by atoms with Crippen LogP contribution in [0.5, 0.6) is 0 Å². The SMILES string of the molecule is O=C(NS(=O)(=O)C1CC1)C1CCCCN1c1nc(-c2cc(-c3ccon3)n(Cc3ccccc3F)n2)ncc1F. The Morgan fingerprint density at radius 3 is 2.65 bits per heavy atom. The summed E-state index contributed by atoms with van der Waals surface area (Å²) in [6.07, 6.45) is 5.12. The molecule has 1 aliphatic heterocycles. The number of aromatic nitrogens is 5. The second kappa shape index (κ2) is 10.4. The summed E-state index contributed by atoms with van der Waals surface area (Å²) < 4.78 is 63.0. The number of nitrogens with one attached hydrogen (secondary N) is 1. The van der Waals surface area contributed by atoms with Gasteiger partial charge in [0.15, 0.2) is 17.5 Å². The molecule has 2 aliphatic rings. The molecule has 208 valence electrons. The molecule has 1 N–H and O–H groups in total. The number of carbonyl (C=O) groups excluding carboxylic acids is 1. The van der Waals surface area contributed by atoms with E-state index >= 15 is 4.39 Å². The first-order valence-electron chi connectivity index (χ1n) is 12.9. The summed E-state index contributed by atoms with van der Waals surface area (Å²) in [6.45, 7) is 0.383. The molecule has 4 aromatic rings. The van der Waals surface area contributed by atoms with E-state index in [4.69, 9.17) is 4.52 Å². The van der Waals surface area contributed by atoms with E-state index in [9.17, 15) is 17.6 Å². The van der Waals surface area contributed by atoms with Crippen molar-refractivity contribution in [1.82, 2.24) is 29.6 Å². The molecular formula is C26H25F2N7O4S. The standard InChI is InChI=1S/C26H25F2N7O4S/c27-18-6-2-1-5-16(18)15-35-23(20-10-12-39-32-20)13-21(31-35)24-29-14-19(28)25(30-24)34-11-4-3-7-22(34)26(36)33-40(37,38)17-8-9-17/h1-2,5-6,10,12-14,17,22H,3-4,7-9,11,15H2,(H,33,36). The lowest BCUT2D eigenvalue weighted by Gasteiger charge is -2.35. The fourth-order valence-electron chi connectivity index (χ4n) is 4.80. The number of amides is 1. The van der Waals surface area contributed by atoms with Crippen LogP contribution < -0.4 is 9.62 Å². The molecule has 6 rings (SSSR count). The largest absolute Gasteiger partial charge is 0.364 e. The lowest BCUT2D eigenvalue weighted by Crippen LogP contribution is -2.52. The molecule has 2 fully saturated rings. The number of carbonyl (C=O) groups is 1. The van der Waals surface area contributed by atoms with Gasteiger partial charge in [0.1, 0.15) is 29.5 Å². The molecule has 1 aliphatic carbocycles. The van der Waals surface area contributed by atoms with Crippen molar-refractivity contribution >= 4 is 21.7 Å². The second-order valence-corrected chi connectivity index (χ2v) is 11.8. The highest BCUT2D eigenvalue weighted by molar-refractivity contribution is 7.90. The monoisotopic (exact) mass is 569 g/mol. The Morgan fingerprint density at radius 1 is 1.07 bits per heavy atom. The molecule has 0 radical (unpaired) electrons. The van der Waals surface area contributed by atoms with Gasteiger partial charge in [-0.3, -0.25) is 14.2 Å². The first-order chi connectivity index (χ1) is 19.3. The minimum atomic E-state index is -3.76. The molecule has 40 heavy (non-hydrogen) atoms. The molecule has 1 atom stereocenters. The fraction of sp³-hybridized carbons (Fsp3) is 0.346. The highest BCUT2D eigenvalue weighted by Crippen LogP contribution is 2.31. The van der Waals surface area contributed by atoms with Gasteiger partial charge >= 0.3 is 0 Å². The van der Waals surface area contributed by atoms with Crippen LogP contribution in [-0.4, -0.2) is 57.1 Å². The molecular weight excluding hydrogens is 544 g/mol. The Bertz CT molecular complexity index is 1660. The lowest BCUT2D eigenvalue weighted by atomic mass is 10.0. The molecule has 11 nitrogen and oxygen atoms in total. The summed E-state index contributed by atoms with van der Waals surface area (Å²) in [5.41, 5.74) is 1.61. The summed E-state index contributed by atoms with van der Waals surface area (Å²) in [7, 11) is -3.76. The highest BCUT2D eigenvalue weighted by Gasteiger charge is 2.40. The second-order valence-electron chi connectivity index (χ2n) is 9.83. The third-order valence-electron chi connectivity index (χ3n) is 7.00. The first kappa shape index (κ1) is 26.0. The van der Waals surface area contributed by atoms with Crippen molar-refractivity contribution in [2.45, 2.75) is 49.9 Å². The molecule has 0 spiro atoms. The molecule has 1 unspecified atom stereocenters. The van der Waals surface area contributed by atoms with Gasteiger partial charge in [-0.25, -0.2) is 27.2 Å². The van der Waals surface area contributed by atoms with Crippen molar-refractivity contribution in [2.24, 2.45) is 0 Å². The van der Waals surface area contributed by atoms with Gasteiger partial charge in [-0.15, -0.1) is 0 Å². The molecule has 0 bridgehead atoms. The van der Waals surface area contributed by atoms with Gasteiger partial charge < -0.3 is 9.42 Å². The summed E-state index contributed by atoms with van der Waals surface area (Å²) >= 11 is 0. The zero-order chi connectivity index (χ0) is 27.9. The van der Waals surface area contributed by atoms with Crippen molar-refractivity contribution in [3.8, 4) is 22.9 Å². The minimum absolute atomic E-state index is 0.0729. The average molecular weight is 570 g/mol. The normalized spacial score (nSPS) is 17.6. The number of hydrogen-bond acceptors (Lipinski definition) is 9. The minimum Gasteiger partial charge on any atom is -0.364 e. The summed E-state index contributed by atoms with van der Waals surface area (Å²) in [6, 6.07) is 8.65. The van der Waals surface area contributed by atoms with Gasteiger partial charge in [-0.05, 0) is 44.2 Å². The molecule has 4 heterocycles. The third kappa shape index (κ3) is 5.18. The Balaban J connectivity index is 1.34. The molecule has 1 saturated carbocycles. The van der Waals surface area contributed by atoms with Crippen LogP contribution in [0, 0.1) is 11.6 Å². The van der Waals surface area contributed by atoms with Crippen molar-refractivity contribution in [1.29, 1.82) is 0 Å². The zero-order valence-electron chi connectivity index (χ0n) is 21.2. The predicted molar refractivity (Wildman–Crippen MR) is 139 cm³/mol. The molecule has 1 aromatic carbocycles. The molecule has 1 saturated heterocycles. The van der Waals surface area contributed by atoms with E-state index in [1.54, 1.807) is 30.3 Å².